The first-order chi connectivity index (χ1) is 12.6. The van der Waals surface area contributed by atoms with E-state index in [9.17, 15) is 4.79 Å². The Morgan fingerprint density at radius 2 is 1.85 bits per heavy atom. The standard InChI is InChI=1S/C19H24ClN5O/c1-2-23-9-3-4-15(18(23)26)14-22-19(21)25-12-10-24(11-13-25)17-7-5-16(20)6-8-17/h3-9H,2,10-14H2,1H3,(H2,21,22). The van der Waals surface area contributed by atoms with Gasteiger partial charge in [-0.05, 0) is 37.3 Å². The van der Waals surface area contributed by atoms with E-state index in [1.165, 1.54) is 0 Å². The molecule has 6 nitrogen and oxygen atoms in total. The molecule has 1 aromatic carbocycles. The average Bonchev–Trinajstić information content (AvgIpc) is 2.68. The molecule has 0 radical (unpaired) electrons. The molecule has 0 atom stereocenters. The number of rotatable bonds is 4. The minimum Gasteiger partial charge on any atom is -0.370 e. The van der Waals surface area contributed by atoms with Crippen LogP contribution >= 0.6 is 11.6 Å². The molecule has 0 aliphatic carbocycles. The molecular weight excluding hydrogens is 350 g/mol. The summed E-state index contributed by atoms with van der Waals surface area (Å²) >= 11 is 5.95. The van der Waals surface area contributed by atoms with Crippen LogP contribution in [-0.4, -0.2) is 41.6 Å². The van der Waals surface area contributed by atoms with E-state index < -0.39 is 0 Å². The van der Waals surface area contributed by atoms with Gasteiger partial charge in [-0.25, -0.2) is 4.99 Å². The van der Waals surface area contributed by atoms with Gasteiger partial charge in [0.15, 0.2) is 5.96 Å². The number of piperazine rings is 1. The van der Waals surface area contributed by atoms with E-state index in [-0.39, 0.29) is 5.56 Å². The number of anilines is 1. The Labute approximate surface area is 158 Å². The van der Waals surface area contributed by atoms with Crippen LogP contribution < -0.4 is 16.2 Å². The Bertz CT molecular complexity index is 823. The number of aliphatic imine (C=N–C) groups is 1. The number of nitrogens with zero attached hydrogens (tertiary/aromatic N) is 4. The molecule has 1 aliphatic heterocycles. The second kappa shape index (κ2) is 8.27. The number of hydrogen-bond donors (Lipinski definition) is 1. The molecule has 2 N–H and O–H groups in total. The van der Waals surface area contributed by atoms with Crippen molar-refractivity contribution in [3.8, 4) is 0 Å². The van der Waals surface area contributed by atoms with Gasteiger partial charge in [0.1, 0.15) is 0 Å². The van der Waals surface area contributed by atoms with Crippen LogP contribution in [0.2, 0.25) is 5.02 Å². The summed E-state index contributed by atoms with van der Waals surface area (Å²) < 4.78 is 1.67. The molecule has 2 heterocycles. The third kappa shape index (κ3) is 4.19. The predicted octanol–water partition coefficient (Wildman–Crippen LogP) is 2.16. The fraction of sp³-hybridized carbons (Fsp3) is 0.368. The molecule has 0 amide bonds. The number of aromatic nitrogens is 1. The molecule has 138 valence electrons. The van der Waals surface area contributed by atoms with Crippen molar-refractivity contribution in [3.63, 3.8) is 0 Å². The molecule has 2 aromatic rings. The summed E-state index contributed by atoms with van der Waals surface area (Å²) in [5.74, 6) is 0.493. The Morgan fingerprint density at radius 3 is 2.50 bits per heavy atom. The Hall–Kier alpha value is -2.47. The SMILES string of the molecule is CCn1cccc(CN=C(N)N2CCN(c3ccc(Cl)cc3)CC2)c1=O. The molecule has 1 aliphatic rings. The number of halogens is 1. The lowest BCUT2D eigenvalue weighted by atomic mass is 10.2. The molecule has 1 aromatic heterocycles. The zero-order chi connectivity index (χ0) is 18.5. The van der Waals surface area contributed by atoms with Crippen molar-refractivity contribution in [3.05, 3.63) is 63.5 Å². The van der Waals surface area contributed by atoms with E-state index in [0.29, 0.717) is 24.6 Å². The molecule has 1 saturated heterocycles. The van der Waals surface area contributed by atoms with Crippen LogP contribution in [0.3, 0.4) is 0 Å². The van der Waals surface area contributed by atoms with Crippen LogP contribution in [0.1, 0.15) is 12.5 Å². The minimum absolute atomic E-state index is 0.000826. The Kier molecular flexibility index (Phi) is 5.83. The lowest BCUT2D eigenvalue weighted by Crippen LogP contribution is -2.51. The van der Waals surface area contributed by atoms with E-state index in [2.05, 4.69) is 14.8 Å². The maximum atomic E-state index is 12.2. The molecule has 0 unspecified atom stereocenters. The number of hydrogen-bond acceptors (Lipinski definition) is 3. The fourth-order valence-electron chi connectivity index (χ4n) is 3.07. The Morgan fingerprint density at radius 1 is 1.15 bits per heavy atom. The predicted molar refractivity (Wildman–Crippen MR) is 107 cm³/mol. The van der Waals surface area contributed by atoms with Crippen molar-refractivity contribution in [1.82, 2.24) is 9.47 Å². The van der Waals surface area contributed by atoms with Gasteiger partial charge in [-0.2, -0.15) is 0 Å². The summed E-state index contributed by atoms with van der Waals surface area (Å²) in [5, 5.41) is 0.742. The van der Waals surface area contributed by atoms with Crippen LogP contribution in [0, 0.1) is 0 Å². The third-order valence-electron chi connectivity index (χ3n) is 4.65. The van der Waals surface area contributed by atoms with Crippen molar-refractivity contribution in [2.75, 3.05) is 31.1 Å². The highest BCUT2D eigenvalue weighted by Gasteiger charge is 2.18. The minimum atomic E-state index is -0.000826. The van der Waals surface area contributed by atoms with Crippen molar-refractivity contribution in [2.45, 2.75) is 20.0 Å². The van der Waals surface area contributed by atoms with E-state index in [4.69, 9.17) is 17.3 Å². The van der Waals surface area contributed by atoms with E-state index >= 15 is 0 Å². The first kappa shape index (κ1) is 18.3. The van der Waals surface area contributed by atoms with Crippen LogP contribution in [0.4, 0.5) is 5.69 Å². The monoisotopic (exact) mass is 373 g/mol. The van der Waals surface area contributed by atoms with Gasteiger partial charge in [0, 0.05) is 55.2 Å². The smallest absolute Gasteiger partial charge is 0.255 e. The van der Waals surface area contributed by atoms with Gasteiger partial charge in [0.2, 0.25) is 0 Å². The van der Waals surface area contributed by atoms with Gasteiger partial charge in [-0.1, -0.05) is 17.7 Å². The second-order valence-corrected chi connectivity index (χ2v) is 6.69. The highest BCUT2D eigenvalue weighted by Crippen LogP contribution is 2.19. The first-order valence-corrected chi connectivity index (χ1v) is 9.20. The molecule has 0 spiro atoms. The Balaban J connectivity index is 1.59. The van der Waals surface area contributed by atoms with E-state index in [0.717, 1.165) is 36.9 Å². The summed E-state index contributed by atoms with van der Waals surface area (Å²) in [6.45, 7) is 6.24. The average molecular weight is 374 g/mol. The van der Waals surface area contributed by atoms with Gasteiger partial charge in [0.05, 0.1) is 6.54 Å². The van der Waals surface area contributed by atoms with Crippen molar-refractivity contribution < 1.29 is 0 Å². The quantitative estimate of drug-likeness (QED) is 0.658. The van der Waals surface area contributed by atoms with Crippen molar-refractivity contribution in [1.29, 1.82) is 0 Å². The molecule has 26 heavy (non-hydrogen) atoms. The number of nitrogens with two attached hydrogens (primary N) is 1. The molecule has 0 bridgehead atoms. The number of pyridine rings is 1. The zero-order valence-electron chi connectivity index (χ0n) is 14.9. The molecule has 1 fully saturated rings. The zero-order valence-corrected chi connectivity index (χ0v) is 15.7. The van der Waals surface area contributed by atoms with E-state index in [1.54, 1.807) is 10.8 Å². The van der Waals surface area contributed by atoms with Crippen LogP contribution in [0.15, 0.2) is 52.4 Å². The van der Waals surface area contributed by atoms with Gasteiger partial charge in [-0.15, -0.1) is 0 Å². The van der Waals surface area contributed by atoms with Gasteiger partial charge >= 0.3 is 0 Å². The summed E-state index contributed by atoms with van der Waals surface area (Å²) in [6.07, 6.45) is 1.79. The first-order valence-electron chi connectivity index (χ1n) is 8.82. The number of benzene rings is 1. The van der Waals surface area contributed by atoms with Crippen LogP contribution in [0.25, 0.3) is 0 Å². The number of guanidine groups is 1. The van der Waals surface area contributed by atoms with E-state index in [1.807, 2.05) is 43.3 Å². The summed E-state index contributed by atoms with van der Waals surface area (Å²) in [5.41, 5.74) is 7.98. The van der Waals surface area contributed by atoms with Gasteiger partial charge in [-0.3, -0.25) is 4.79 Å². The highest BCUT2D eigenvalue weighted by atomic mass is 35.5. The van der Waals surface area contributed by atoms with Gasteiger partial charge in [0.25, 0.3) is 5.56 Å². The maximum absolute atomic E-state index is 12.2. The molecular formula is C19H24ClN5O. The fourth-order valence-corrected chi connectivity index (χ4v) is 3.19. The topological polar surface area (TPSA) is 66.9 Å². The second-order valence-electron chi connectivity index (χ2n) is 6.25. The van der Waals surface area contributed by atoms with Crippen molar-refractivity contribution in [2.24, 2.45) is 10.7 Å². The lowest BCUT2D eigenvalue weighted by Gasteiger charge is -2.36. The summed E-state index contributed by atoms with van der Waals surface area (Å²) in [4.78, 5) is 21.0. The normalized spacial score (nSPS) is 15.4. The van der Waals surface area contributed by atoms with Crippen molar-refractivity contribution >= 4 is 23.2 Å². The maximum Gasteiger partial charge on any atom is 0.255 e. The molecule has 7 heteroatoms. The summed E-state index contributed by atoms with van der Waals surface area (Å²) in [6, 6.07) is 11.6. The molecule has 0 saturated carbocycles. The summed E-state index contributed by atoms with van der Waals surface area (Å²) in [7, 11) is 0. The van der Waals surface area contributed by atoms with Crippen LogP contribution in [0.5, 0.6) is 0 Å². The molecule has 3 rings (SSSR count). The van der Waals surface area contributed by atoms with Crippen LogP contribution in [-0.2, 0) is 13.1 Å². The lowest BCUT2D eigenvalue weighted by molar-refractivity contribution is 0.380. The highest BCUT2D eigenvalue weighted by molar-refractivity contribution is 6.30. The largest absolute Gasteiger partial charge is 0.370 e. The van der Waals surface area contributed by atoms with Gasteiger partial charge < -0.3 is 20.1 Å². The number of aryl methyl sites for hydroxylation is 1. The third-order valence-corrected chi connectivity index (χ3v) is 4.90.